The van der Waals surface area contributed by atoms with Gasteiger partial charge in [0.2, 0.25) is 0 Å². The number of hydrogen-bond acceptors (Lipinski definition) is 4. The Morgan fingerprint density at radius 2 is 1.90 bits per heavy atom. The zero-order valence-electron chi connectivity index (χ0n) is 16.9. The first-order valence-electron chi connectivity index (χ1n) is 9.49. The maximum atomic E-state index is 13.7. The second-order valence-electron chi connectivity index (χ2n) is 6.57. The summed E-state index contributed by atoms with van der Waals surface area (Å²) in [5.74, 6) is -1.26. The quantitative estimate of drug-likeness (QED) is 0.510. The molecule has 0 bridgehead atoms. The lowest BCUT2D eigenvalue weighted by atomic mass is 9.96. The second-order valence-corrected chi connectivity index (χ2v) is 6.57. The molecule has 0 saturated carbocycles. The first-order valence-corrected chi connectivity index (χ1v) is 9.49. The molecule has 0 aliphatic heterocycles. The first kappa shape index (κ1) is 22.1. The number of benzene rings is 2. The summed E-state index contributed by atoms with van der Waals surface area (Å²) in [6.45, 7) is 4.03. The number of carbonyl (C=O) groups excluding carboxylic acids is 2. The summed E-state index contributed by atoms with van der Waals surface area (Å²) >= 11 is 0. The molecule has 0 unspecified atom stereocenters. The Labute approximate surface area is 170 Å². The van der Waals surface area contributed by atoms with Crippen molar-refractivity contribution in [2.45, 2.75) is 32.3 Å². The number of esters is 1. The van der Waals surface area contributed by atoms with Gasteiger partial charge in [0.15, 0.2) is 17.7 Å². The molecule has 154 valence electrons. The van der Waals surface area contributed by atoms with E-state index in [0.717, 1.165) is 18.1 Å². The average Bonchev–Trinajstić information content (AvgIpc) is 2.73. The largest absolute Gasteiger partial charge is 0.494 e. The Kier molecular flexibility index (Phi) is 8.40. The van der Waals surface area contributed by atoms with E-state index in [2.05, 4.69) is 12.2 Å². The van der Waals surface area contributed by atoms with Crippen LogP contribution in [0.5, 0.6) is 5.75 Å². The maximum Gasteiger partial charge on any atom is 0.331 e. The van der Waals surface area contributed by atoms with Crippen LogP contribution in [0.1, 0.15) is 37.3 Å². The van der Waals surface area contributed by atoms with Crippen LogP contribution >= 0.6 is 0 Å². The van der Waals surface area contributed by atoms with Crippen molar-refractivity contribution in [1.82, 2.24) is 5.32 Å². The first-order chi connectivity index (χ1) is 13.9. The maximum absolute atomic E-state index is 13.7. The third-order valence-electron chi connectivity index (χ3n) is 4.54. The fourth-order valence-corrected chi connectivity index (χ4v) is 2.81. The highest BCUT2D eigenvalue weighted by atomic mass is 19.1. The van der Waals surface area contributed by atoms with Crippen LogP contribution in [-0.2, 0) is 14.3 Å². The molecule has 2 atom stereocenters. The number of methoxy groups -OCH3 is 1. The third kappa shape index (κ3) is 6.75. The van der Waals surface area contributed by atoms with E-state index in [1.807, 2.05) is 30.3 Å². The van der Waals surface area contributed by atoms with Crippen LogP contribution in [-0.4, -0.2) is 31.6 Å². The monoisotopic (exact) mass is 399 g/mol. The van der Waals surface area contributed by atoms with Crippen molar-refractivity contribution < 1.29 is 23.5 Å². The van der Waals surface area contributed by atoms with Gasteiger partial charge in [-0.05, 0) is 42.7 Å². The highest BCUT2D eigenvalue weighted by molar-refractivity contribution is 5.90. The molecule has 1 amide bonds. The van der Waals surface area contributed by atoms with Gasteiger partial charge in [-0.3, -0.25) is 4.79 Å². The Morgan fingerprint density at radius 3 is 2.52 bits per heavy atom. The number of nitrogens with one attached hydrogen (secondary N) is 1. The highest BCUT2D eigenvalue weighted by Crippen LogP contribution is 2.19. The number of carbonyl (C=O) groups is 2. The molecule has 2 rings (SSSR count). The summed E-state index contributed by atoms with van der Waals surface area (Å²) in [6.07, 6.45) is 2.51. The topological polar surface area (TPSA) is 64.6 Å². The van der Waals surface area contributed by atoms with Crippen LogP contribution in [0.3, 0.4) is 0 Å². The van der Waals surface area contributed by atoms with Crippen molar-refractivity contribution >= 4 is 18.0 Å². The summed E-state index contributed by atoms with van der Waals surface area (Å²) in [4.78, 5) is 24.2. The number of rotatable bonds is 9. The molecule has 0 radical (unpaired) electrons. The molecule has 0 saturated heterocycles. The van der Waals surface area contributed by atoms with Crippen molar-refractivity contribution in [3.05, 3.63) is 71.6 Å². The van der Waals surface area contributed by atoms with Crippen molar-refractivity contribution in [3.8, 4) is 5.75 Å². The highest BCUT2D eigenvalue weighted by Gasteiger charge is 2.18. The summed E-state index contributed by atoms with van der Waals surface area (Å²) in [6, 6.07) is 14.2. The minimum absolute atomic E-state index is 0.121. The zero-order chi connectivity index (χ0) is 21.2. The van der Waals surface area contributed by atoms with Crippen LogP contribution in [0.25, 0.3) is 6.08 Å². The summed E-state index contributed by atoms with van der Waals surface area (Å²) in [7, 11) is 1.38. The molecule has 5 nitrogen and oxygen atoms in total. The molecule has 0 aromatic heterocycles. The Hall–Kier alpha value is -3.15. The summed E-state index contributed by atoms with van der Waals surface area (Å²) < 4.78 is 23.6. The Bertz CT molecular complexity index is 851. The van der Waals surface area contributed by atoms with E-state index in [0.29, 0.717) is 12.1 Å². The molecule has 0 spiro atoms. The van der Waals surface area contributed by atoms with Crippen molar-refractivity contribution in [3.63, 3.8) is 0 Å². The molecule has 2 aromatic rings. The number of ether oxygens (including phenoxy) is 2. The predicted molar refractivity (Wildman–Crippen MR) is 110 cm³/mol. The van der Waals surface area contributed by atoms with E-state index in [4.69, 9.17) is 9.47 Å². The van der Waals surface area contributed by atoms with E-state index < -0.39 is 17.9 Å². The second kappa shape index (κ2) is 11.0. The molecule has 0 aliphatic rings. The van der Waals surface area contributed by atoms with E-state index in [-0.39, 0.29) is 17.6 Å². The van der Waals surface area contributed by atoms with Gasteiger partial charge in [-0.15, -0.1) is 0 Å². The number of halogens is 1. The SMILES string of the molecule is CC[C@H](CNC(=O)[C@@H](C)OC(=O)/C=C/c1ccc(OC)c(F)c1)c1ccccc1. The van der Waals surface area contributed by atoms with Crippen LogP contribution in [0.4, 0.5) is 4.39 Å². The van der Waals surface area contributed by atoms with Crippen LogP contribution in [0.2, 0.25) is 0 Å². The fraction of sp³-hybridized carbons (Fsp3) is 0.304. The standard InChI is InChI=1S/C23H26FNO4/c1-4-18(19-8-6-5-7-9-19)15-25-23(27)16(2)29-22(26)13-11-17-10-12-21(28-3)20(24)14-17/h5-14,16,18H,4,15H2,1-3H3,(H,25,27)/b13-11+/t16-,18-/m1/s1. The van der Waals surface area contributed by atoms with Gasteiger partial charge in [0.25, 0.3) is 5.91 Å². The number of amides is 1. The van der Waals surface area contributed by atoms with Gasteiger partial charge in [-0.2, -0.15) is 0 Å². The lowest BCUT2D eigenvalue weighted by Crippen LogP contribution is -2.37. The lowest BCUT2D eigenvalue weighted by molar-refractivity contribution is -0.150. The van der Waals surface area contributed by atoms with Gasteiger partial charge in [0.1, 0.15) is 0 Å². The predicted octanol–water partition coefficient (Wildman–Crippen LogP) is 4.09. The van der Waals surface area contributed by atoms with Gasteiger partial charge in [-0.25, -0.2) is 9.18 Å². The smallest absolute Gasteiger partial charge is 0.331 e. The van der Waals surface area contributed by atoms with Gasteiger partial charge in [-0.1, -0.05) is 43.3 Å². The molecular formula is C23H26FNO4. The van der Waals surface area contributed by atoms with Gasteiger partial charge >= 0.3 is 5.97 Å². The summed E-state index contributed by atoms with van der Waals surface area (Å²) in [5, 5.41) is 2.83. The minimum Gasteiger partial charge on any atom is -0.494 e. The summed E-state index contributed by atoms with van der Waals surface area (Å²) in [5.41, 5.74) is 1.63. The molecule has 0 aliphatic carbocycles. The van der Waals surface area contributed by atoms with Gasteiger partial charge < -0.3 is 14.8 Å². The third-order valence-corrected chi connectivity index (χ3v) is 4.54. The normalized spacial score (nSPS) is 13.0. The molecule has 0 heterocycles. The molecule has 6 heteroatoms. The van der Waals surface area contributed by atoms with Gasteiger partial charge in [0, 0.05) is 18.5 Å². The molecule has 1 N–H and O–H groups in total. The molecular weight excluding hydrogens is 373 g/mol. The van der Waals surface area contributed by atoms with E-state index >= 15 is 0 Å². The van der Waals surface area contributed by atoms with Crippen molar-refractivity contribution in [2.75, 3.05) is 13.7 Å². The van der Waals surface area contributed by atoms with Crippen molar-refractivity contribution in [2.24, 2.45) is 0 Å². The van der Waals surface area contributed by atoms with Gasteiger partial charge in [0.05, 0.1) is 7.11 Å². The van der Waals surface area contributed by atoms with Crippen LogP contribution < -0.4 is 10.1 Å². The lowest BCUT2D eigenvalue weighted by Gasteiger charge is -2.18. The Balaban J connectivity index is 1.85. The Morgan fingerprint density at radius 1 is 1.17 bits per heavy atom. The minimum atomic E-state index is -0.937. The van der Waals surface area contributed by atoms with E-state index in [1.165, 1.54) is 32.2 Å². The van der Waals surface area contributed by atoms with Crippen LogP contribution in [0, 0.1) is 5.82 Å². The molecule has 2 aromatic carbocycles. The number of hydrogen-bond donors (Lipinski definition) is 1. The van der Waals surface area contributed by atoms with Crippen LogP contribution in [0.15, 0.2) is 54.6 Å². The van der Waals surface area contributed by atoms with E-state index in [9.17, 15) is 14.0 Å². The van der Waals surface area contributed by atoms with E-state index in [1.54, 1.807) is 6.07 Å². The molecule has 0 fully saturated rings. The average molecular weight is 399 g/mol. The molecule has 29 heavy (non-hydrogen) atoms. The van der Waals surface area contributed by atoms with Crippen molar-refractivity contribution in [1.29, 1.82) is 0 Å². The fourth-order valence-electron chi connectivity index (χ4n) is 2.81. The zero-order valence-corrected chi connectivity index (χ0v) is 16.9.